The smallest absolute Gasteiger partial charge is 0.168 e. The monoisotopic (exact) mass is 391 g/mol. The van der Waals surface area contributed by atoms with Gasteiger partial charge >= 0.3 is 0 Å². The first kappa shape index (κ1) is 19.2. The summed E-state index contributed by atoms with van der Waals surface area (Å²) in [6, 6.07) is 16.0. The fourth-order valence-corrected chi connectivity index (χ4v) is 3.92. The molecule has 5 nitrogen and oxygen atoms in total. The molecule has 1 heterocycles. The van der Waals surface area contributed by atoms with Gasteiger partial charge in [-0.15, -0.1) is 0 Å². The highest BCUT2D eigenvalue weighted by Crippen LogP contribution is 2.35. The van der Waals surface area contributed by atoms with Crippen molar-refractivity contribution in [1.82, 2.24) is 5.16 Å². The number of aromatic nitrogens is 1. The molecule has 1 unspecified atom stereocenters. The third kappa shape index (κ3) is 4.04. The molecule has 150 valence electrons. The van der Waals surface area contributed by atoms with Crippen LogP contribution in [0.15, 0.2) is 53.1 Å². The van der Waals surface area contributed by atoms with E-state index in [0.717, 1.165) is 16.9 Å². The first-order valence-corrected chi connectivity index (χ1v) is 10.1. The van der Waals surface area contributed by atoms with E-state index in [9.17, 15) is 4.79 Å². The molecule has 0 fully saturated rings. The molecule has 1 aliphatic carbocycles. The topological polar surface area (TPSA) is 61.6 Å². The third-order valence-corrected chi connectivity index (χ3v) is 5.23. The van der Waals surface area contributed by atoms with Gasteiger partial charge in [0.1, 0.15) is 5.76 Å². The summed E-state index contributed by atoms with van der Waals surface area (Å²) in [5, 5.41) is 4.24. The van der Waals surface area contributed by atoms with Crippen molar-refractivity contribution in [1.29, 1.82) is 0 Å². The van der Waals surface area contributed by atoms with Crippen LogP contribution in [0.2, 0.25) is 0 Å². The Morgan fingerprint density at radius 2 is 1.76 bits per heavy atom. The number of nitrogens with zero attached hydrogens (tertiary/aromatic N) is 1. The van der Waals surface area contributed by atoms with E-state index >= 15 is 0 Å². The van der Waals surface area contributed by atoms with Crippen molar-refractivity contribution >= 4 is 5.78 Å². The minimum absolute atomic E-state index is 0.104. The summed E-state index contributed by atoms with van der Waals surface area (Å²) in [7, 11) is 0. The van der Waals surface area contributed by atoms with Crippen molar-refractivity contribution in [3.8, 4) is 11.5 Å². The average molecular weight is 391 g/mol. The van der Waals surface area contributed by atoms with Crippen molar-refractivity contribution in [2.24, 2.45) is 0 Å². The van der Waals surface area contributed by atoms with Crippen LogP contribution in [0.5, 0.6) is 11.5 Å². The van der Waals surface area contributed by atoms with Crippen LogP contribution in [0.25, 0.3) is 0 Å². The summed E-state index contributed by atoms with van der Waals surface area (Å²) in [4.78, 5) is 12.9. The van der Waals surface area contributed by atoms with Gasteiger partial charge in [-0.1, -0.05) is 41.6 Å². The van der Waals surface area contributed by atoms with E-state index in [1.807, 2.05) is 50.2 Å². The predicted octanol–water partition coefficient (Wildman–Crippen LogP) is 4.98. The number of benzene rings is 2. The molecule has 0 saturated heterocycles. The second-order valence-corrected chi connectivity index (χ2v) is 7.19. The Hall–Kier alpha value is -3.08. The lowest BCUT2D eigenvalue weighted by molar-refractivity contribution is 0.0959. The summed E-state index contributed by atoms with van der Waals surface area (Å²) in [6.07, 6.45) is 1.71. The predicted molar refractivity (Wildman–Crippen MR) is 110 cm³/mol. The molecule has 5 heteroatoms. The zero-order valence-corrected chi connectivity index (χ0v) is 16.8. The molecule has 0 N–H and O–H groups in total. The lowest BCUT2D eigenvalue weighted by Gasteiger charge is -2.20. The van der Waals surface area contributed by atoms with E-state index < -0.39 is 0 Å². The maximum atomic E-state index is 12.9. The van der Waals surface area contributed by atoms with Crippen molar-refractivity contribution in [2.45, 2.75) is 39.0 Å². The number of Topliss-reactive ketones (excluding diaryl/α,β-unsaturated/α-hetero) is 1. The quantitative estimate of drug-likeness (QED) is 0.569. The van der Waals surface area contributed by atoms with E-state index in [1.165, 1.54) is 0 Å². The summed E-state index contributed by atoms with van der Waals surface area (Å²) in [5.41, 5.74) is 3.52. The summed E-state index contributed by atoms with van der Waals surface area (Å²) < 4.78 is 16.9. The van der Waals surface area contributed by atoms with Crippen LogP contribution in [0.3, 0.4) is 0 Å². The van der Waals surface area contributed by atoms with E-state index in [0.29, 0.717) is 55.2 Å². The highest BCUT2D eigenvalue weighted by atomic mass is 16.5. The Kier molecular flexibility index (Phi) is 5.65. The number of rotatable bonds is 7. The van der Waals surface area contributed by atoms with Gasteiger partial charge < -0.3 is 14.0 Å². The molecule has 0 radical (unpaired) electrons. The number of hydrogen-bond donors (Lipinski definition) is 0. The van der Waals surface area contributed by atoms with Gasteiger partial charge in [-0.2, -0.15) is 0 Å². The molecule has 29 heavy (non-hydrogen) atoms. The summed E-state index contributed by atoms with van der Waals surface area (Å²) in [6.45, 7) is 5.02. The number of ether oxygens (including phenoxy) is 2. The summed E-state index contributed by atoms with van der Waals surface area (Å²) in [5.74, 6) is 2.38. The van der Waals surface area contributed by atoms with E-state index in [-0.39, 0.29) is 11.7 Å². The molecule has 4 rings (SSSR count). The van der Waals surface area contributed by atoms with Crippen molar-refractivity contribution in [3.05, 3.63) is 76.7 Å². The van der Waals surface area contributed by atoms with E-state index in [2.05, 4.69) is 17.3 Å². The molecule has 0 aliphatic heterocycles. The standard InChI is InChI=1S/C24H25NO4/c1-3-27-21-11-10-16(13-22(21)28-4-2)12-19-24-20(26)14-18(15-23(24)29-25-19)17-8-6-5-7-9-17/h5-11,13,18H,3-4,12,14-15H2,1-2H3. The Bertz CT molecular complexity index is 993. The molecule has 1 aliphatic rings. The zero-order chi connectivity index (χ0) is 20.2. The van der Waals surface area contributed by atoms with Crippen LogP contribution in [0, 0.1) is 0 Å². The van der Waals surface area contributed by atoms with Crippen LogP contribution in [-0.4, -0.2) is 24.2 Å². The Morgan fingerprint density at radius 1 is 1.00 bits per heavy atom. The van der Waals surface area contributed by atoms with Crippen LogP contribution in [0.1, 0.15) is 59.1 Å². The average Bonchev–Trinajstić information content (AvgIpc) is 3.14. The number of carbonyl (C=O) groups is 1. The van der Waals surface area contributed by atoms with Gasteiger partial charge in [0.25, 0.3) is 0 Å². The lowest BCUT2D eigenvalue weighted by atomic mass is 9.81. The third-order valence-electron chi connectivity index (χ3n) is 5.23. The minimum Gasteiger partial charge on any atom is -0.490 e. The molecular formula is C24H25NO4. The van der Waals surface area contributed by atoms with Crippen molar-refractivity contribution < 1.29 is 18.8 Å². The molecule has 0 bridgehead atoms. The number of ketones is 1. The highest BCUT2D eigenvalue weighted by Gasteiger charge is 2.32. The van der Waals surface area contributed by atoms with Crippen LogP contribution < -0.4 is 9.47 Å². The fourth-order valence-electron chi connectivity index (χ4n) is 3.92. The van der Waals surface area contributed by atoms with Gasteiger partial charge in [-0.25, -0.2) is 0 Å². The zero-order valence-electron chi connectivity index (χ0n) is 16.8. The second kappa shape index (κ2) is 8.52. The van der Waals surface area contributed by atoms with Gasteiger partial charge in [0, 0.05) is 19.3 Å². The molecule has 3 aromatic rings. The van der Waals surface area contributed by atoms with Gasteiger partial charge in [0.15, 0.2) is 17.3 Å². The Labute approximate surface area is 170 Å². The number of fused-ring (bicyclic) bond motifs is 1. The molecular weight excluding hydrogens is 366 g/mol. The van der Waals surface area contributed by atoms with E-state index in [1.54, 1.807) is 0 Å². The maximum Gasteiger partial charge on any atom is 0.168 e. The van der Waals surface area contributed by atoms with Crippen LogP contribution >= 0.6 is 0 Å². The van der Waals surface area contributed by atoms with Gasteiger partial charge in [-0.3, -0.25) is 4.79 Å². The maximum absolute atomic E-state index is 12.9. The summed E-state index contributed by atoms with van der Waals surface area (Å²) >= 11 is 0. The molecule has 0 saturated carbocycles. The molecule has 1 atom stereocenters. The van der Waals surface area contributed by atoms with Gasteiger partial charge in [0.2, 0.25) is 0 Å². The van der Waals surface area contributed by atoms with Gasteiger partial charge in [0.05, 0.1) is 24.5 Å². The number of carbonyl (C=O) groups excluding carboxylic acids is 1. The molecule has 2 aromatic carbocycles. The highest BCUT2D eigenvalue weighted by molar-refractivity contribution is 5.99. The lowest BCUT2D eigenvalue weighted by Crippen LogP contribution is -2.18. The molecule has 0 spiro atoms. The van der Waals surface area contributed by atoms with Crippen molar-refractivity contribution in [3.63, 3.8) is 0 Å². The van der Waals surface area contributed by atoms with Crippen LogP contribution in [0.4, 0.5) is 0 Å². The second-order valence-electron chi connectivity index (χ2n) is 7.19. The van der Waals surface area contributed by atoms with Crippen molar-refractivity contribution in [2.75, 3.05) is 13.2 Å². The minimum atomic E-state index is 0.104. The van der Waals surface area contributed by atoms with Gasteiger partial charge in [-0.05, 0) is 43.0 Å². The first-order chi connectivity index (χ1) is 14.2. The number of hydrogen-bond acceptors (Lipinski definition) is 5. The Balaban J connectivity index is 1.57. The molecule has 1 aromatic heterocycles. The fraction of sp³-hybridized carbons (Fsp3) is 0.333. The van der Waals surface area contributed by atoms with E-state index in [4.69, 9.17) is 14.0 Å². The van der Waals surface area contributed by atoms with Crippen LogP contribution in [-0.2, 0) is 12.8 Å². The largest absolute Gasteiger partial charge is 0.490 e. The first-order valence-electron chi connectivity index (χ1n) is 10.1. The normalized spacial score (nSPS) is 15.8. The SMILES string of the molecule is CCOc1ccc(Cc2noc3c2C(=O)CC(c2ccccc2)C3)cc1OCC. The molecule has 0 amide bonds. The Morgan fingerprint density at radius 3 is 2.52 bits per heavy atom.